The summed E-state index contributed by atoms with van der Waals surface area (Å²) in [7, 11) is -3.82. The van der Waals surface area contributed by atoms with E-state index in [1.165, 1.54) is 4.90 Å². The number of nitrogens with zero attached hydrogens (tertiary/aromatic N) is 2. The molecule has 2 amide bonds. The molecular formula is C31H38ClN3O4S. The molecule has 3 rings (SSSR count). The van der Waals surface area contributed by atoms with Crippen LogP contribution < -0.4 is 9.62 Å². The second-order valence-corrected chi connectivity index (χ2v) is 12.9. The molecule has 0 radical (unpaired) electrons. The van der Waals surface area contributed by atoms with E-state index in [9.17, 15) is 18.0 Å². The third-order valence-electron chi connectivity index (χ3n) is 6.50. The van der Waals surface area contributed by atoms with Crippen molar-refractivity contribution < 1.29 is 18.0 Å². The molecule has 214 valence electrons. The van der Waals surface area contributed by atoms with E-state index in [1.54, 1.807) is 24.3 Å². The topological polar surface area (TPSA) is 86.8 Å². The first kappa shape index (κ1) is 31.2. The average molecular weight is 584 g/mol. The number of sulfonamides is 1. The van der Waals surface area contributed by atoms with Gasteiger partial charge in [0.2, 0.25) is 21.8 Å². The number of carbonyl (C=O) groups excluding carboxylic acids is 2. The molecular weight excluding hydrogens is 546 g/mol. The van der Waals surface area contributed by atoms with Gasteiger partial charge in [-0.2, -0.15) is 0 Å². The van der Waals surface area contributed by atoms with Gasteiger partial charge >= 0.3 is 0 Å². The lowest BCUT2D eigenvalue weighted by atomic mass is 10.0. The molecule has 9 heteroatoms. The molecule has 0 aliphatic carbocycles. The van der Waals surface area contributed by atoms with Crippen molar-refractivity contribution in [3.63, 3.8) is 0 Å². The Labute approximate surface area is 243 Å². The van der Waals surface area contributed by atoms with Crippen LogP contribution in [0.5, 0.6) is 0 Å². The maximum Gasteiger partial charge on any atom is 0.244 e. The maximum absolute atomic E-state index is 14.1. The Hall–Kier alpha value is -3.36. The monoisotopic (exact) mass is 583 g/mol. The molecule has 1 atom stereocenters. The van der Waals surface area contributed by atoms with Crippen molar-refractivity contribution in [1.29, 1.82) is 0 Å². The van der Waals surface area contributed by atoms with Crippen molar-refractivity contribution in [3.8, 4) is 0 Å². The van der Waals surface area contributed by atoms with E-state index in [0.717, 1.165) is 32.8 Å². The van der Waals surface area contributed by atoms with Crippen LogP contribution >= 0.6 is 11.6 Å². The van der Waals surface area contributed by atoms with Crippen LogP contribution in [0.1, 0.15) is 36.1 Å². The summed E-state index contributed by atoms with van der Waals surface area (Å²) < 4.78 is 27.0. The highest BCUT2D eigenvalue weighted by atomic mass is 35.5. The Morgan fingerprint density at radius 2 is 1.60 bits per heavy atom. The summed E-state index contributed by atoms with van der Waals surface area (Å²) in [5.41, 5.74) is 3.75. The third kappa shape index (κ3) is 8.83. The van der Waals surface area contributed by atoms with Gasteiger partial charge < -0.3 is 10.2 Å². The molecule has 0 aliphatic rings. The van der Waals surface area contributed by atoms with Gasteiger partial charge in [-0.1, -0.05) is 85.6 Å². The lowest BCUT2D eigenvalue weighted by Gasteiger charge is -2.34. The van der Waals surface area contributed by atoms with Gasteiger partial charge in [-0.3, -0.25) is 13.9 Å². The van der Waals surface area contributed by atoms with Crippen molar-refractivity contribution in [2.45, 2.75) is 46.7 Å². The second kappa shape index (κ2) is 13.8. The number of amides is 2. The Kier molecular flexibility index (Phi) is 10.8. The lowest BCUT2D eigenvalue weighted by Crippen LogP contribution is -2.53. The van der Waals surface area contributed by atoms with Crippen molar-refractivity contribution in [3.05, 3.63) is 100 Å². The first-order valence-corrected chi connectivity index (χ1v) is 15.5. The predicted octanol–water partition coefficient (Wildman–Crippen LogP) is 5.14. The summed E-state index contributed by atoms with van der Waals surface area (Å²) in [6, 6.07) is 21.1. The first-order valence-electron chi connectivity index (χ1n) is 13.3. The zero-order valence-electron chi connectivity index (χ0n) is 23.7. The van der Waals surface area contributed by atoms with Gasteiger partial charge in [-0.15, -0.1) is 0 Å². The summed E-state index contributed by atoms with van der Waals surface area (Å²) in [4.78, 5) is 29.2. The van der Waals surface area contributed by atoms with Gasteiger partial charge in [0.05, 0.1) is 11.9 Å². The van der Waals surface area contributed by atoms with E-state index in [1.807, 2.05) is 76.2 Å². The highest BCUT2D eigenvalue weighted by Crippen LogP contribution is 2.25. The quantitative estimate of drug-likeness (QED) is 0.320. The molecule has 3 aromatic rings. The number of carbonyl (C=O) groups is 2. The van der Waals surface area contributed by atoms with Gasteiger partial charge in [0.1, 0.15) is 12.6 Å². The highest BCUT2D eigenvalue weighted by molar-refractivity contribution is 7.92. The maximum atomic E-state index is 14.1. The molecule has 0 bridgehead atoms. The molecule has 0 heterocycles. The standard InChI is InChI=1S/C31H38ClN3O4S/c1-22(2)19-33-31(37)29(18-25-10-7-6-8-11-25)34(20-26-12-9-13-27(32)17-26)30(36)21-35(40(5,38)39)28-15-14-23(3)16-24(28)4/h6-17,22,29H,18-21H2,1-5H3,(H,33,37). The largest absolute Gasteiger partial charge is 0.354 e. The first-order chi connectivity index (χ1) is 18.8. The molecule has 40 heavy (non-hydrogen) atoms. The number of nitrogens with one attached hydrogen (secondary N) is 1. The van der Waals surface area contributed by atoms with Crippen LogP contribution in [0.2, 0.25) is 5.02 Å². The molecule has 0 aliphatic heterocycles. The Bertz CT molecular complexity index is 1430. The highest BCUT2D eigenvalue weighted by Gasteiger charge is 2.33. The number of benzene rings is 3. The van der Waals surface area contributed by atoms with Crippen molar-refractivity contribution in [2.75, 3.05) is 23.7 Å². The van der Waals surface area contributed by atoms with Gasteiger partial charge in [0, 0.05) is 24.5 Å². The Balaban J connectivity index is 2.07. The van der Waals surface area contributed by atoms with Gasteiger partial charge in [-0.05, 0) is 54.7 Å². The lowest BCUT2D eigenvalue weighted by molar-refractivity contribution is -0.140. The molecule has 0 spiro atoms. The van der Waals surface area contributed by atoms with Crippen molar-refractivity contribution >= 4 is 39.1 Å². The summed E-state index contributed by atoms with van der Waals surface area (Å²) in [6.07, 6.45) is 1.34. The van der Waals surface area contributed by atoms with Gasteiger partial charge in [0.15, 0.2) is 0 Å². The van der Waals surface area contributed by atoms with Crippen LogP contribution in [-0.4, -0.2) is 50.5 Å². The zero-order valence-corrected chi connectivity index (χ0v) is 25.3. The third-order valence-corrected chi connectivity index (χ3v) is 7.86. The average Bonchev–Trinajstić information content (AvgIpc) is 2.88. The minimum atomic E-state index is -3.82. The molecule has 3 aromatic carbocycles. The summed E-state index contributed by atoms with van der Waals surface area (Å²) >= 11 is 6.25. The van der Waals surface area contributed by atoms with Crippen molar-refractivity contribution in [2.24, 2.45) is 5.92 Å². The van der Waals surface area contributed by atoms with E-state index in [2.05, 4.69) is 5.32 Å². The number of hydrogen-bond donors (Lipinski definition) is 1. The van der Waals surface area contributed by atoms with Gasteiger partial charge in [-0.25, -0.2) is 8.42 Å². The number of anilines is 1. The van der Waals surface area contributed by atoms with Crippen molar-refractivity contribution in [1.82, 2.24) is 10.2 Å². The normalized spacial score (nSPS) is 12.2. The molecule has 0 aromatic heterocycles. The summed E-state index contributed by atoms with van der Waals surface area (Å²) in [6.45, 7) is 7.80. The van der Waals surface area contributed by atoms with Crippen LogP contribution in [0, 0.1) is 19.8 Å². The minimum absolute atomic E-state index is 0.0798. The fourth-order valence-electron chi connectivity index (χ4n) is 4.49. The molecule has 0 fully saturated rings. The molecule has 1 unspecified atom stereocenters. The van der Waals surface area contributed by atoms with Crippen LogP contribution in [-0.2, 0) is 32.6 Å². The van der Waals surface area contributed by atoms with E-state index < -0.39 is 28.5 Å². The number of halogens is 1. The SMILES string of the molecule is Cc1ccc(N(CC(=O)N(Cc2cccc(Cl)c2)C(Cc2ccccc2)C(=O)NCC(C)C)S(C)(=O)=O)c(C)c1. The minimum Gasteiger partial charge on any atom is -0.354 e. The number of hydrogen-bond acceptors (Lipinski definition) is 4. The van der Waals surface area contributed by atoms with Crippen LogP contribution in [0.15, 0.2) is 72.8 Å². The van der Waals surface area contributed by atoms with Gasteiger partial charge in [0.25, 0.3) is 0 Å². The van der Waals surface area contributed by atoms with Crippen LogP contribution in [0.25, 0.3) is 0 Å². The summed E-state index contributed by atoms with van der Waals surface area (Å²) in [5.74, 6) is -0.583. The van der Waals surface area contributed by atoms with E-state index >= 15 is 0 Å². The Morgan fingerprint density at radius 1 is 0.925 bits per heavy atom. The molecule has 0 saturated carbocycles. The smallest absolute Gasteiger partial charge is 0.244 e. The molecule has 7 nitrogen and oxygen atoms in total. The predicted molar refractivity (Wildman–Crippen MR) is 162 cm³/mol. The van der Waals surface area contributed by atoms with Crippen LogP contribution in [0.4, 0.5) is 5.69 Å². The van der Waals surface area contributed by atoms with Crippen LogP contribution in [0.3, 0.4) is 0 Å². The van der Waals surface area contributed by atoms with E-state index in [-0.39, 0.29) is 24.8 Å². The second-order valence-electron chi connectivity index (χ2n) is 10.6. The molecule has 0 saturated heterocycles. The number of aryl methyl sites for hydroxylation is 2. The van der Waals surface area contributed by atoms with E-state index in [0.29, 0.717) is 17.3 Å². The number of rotatable bonds is 12. The zero-order chi connectivity index (χ0) is 29.4. The Morgan fingerprint density at radius 3 is 2.20 bits per heavy atom. The molecule has 1 N–H and O–H groups in total. The fourth-order valence-corrected chi connectivity index (χ4v) is 5.61. The summed E-state index contributed by atoms with van der Waals surface area (Å²) in [5, 5.41) is 3.48. The van der Waals surface area contributed by atoms with E-state index in [4.69, 9.17) is 11.6 Å². The fraction of sp³-hybridized carbons (Fsp3) is 0.355.